The summed E-state index contributed by atoms with van der Waals surface area (Å²) < 4.78 is 66.8. The van der Waals surface area contributed by atoms with E-state index in [0.717, 1.165) is 17.7 Å². The Bertz CT molecular complexity index is 1510. The number of benzene rings is 4. The van der Waals surface area contributed by atoms with Gasteiger partial charge in [-0.1, -0.05) is 48.5 Å². The number of ether oxygens (including phenoxy) is 3. The van der Waals surface area contributed by atoms with Crippen molar-refractivity contribution in [2.75, 3.05) is 0 Å². The fraction of sp³-hybridized carbons (Fsp3) is 0.200. The number of fused-ring (bicyclic) bond motifs is 1. The summed E-state index contributed by atoms with van der Waals surface area (Å²) in [5.74, 6) is -2.98. The van der Waals surface area contributed by atoms with Gasteiger partial charge in [-0.2, -0.15) is 0 Å². The van der Waals surface area contributed by atoms with Crippen LogP contribution in [0.4, 0.5) is 17.6 Å². The molecular formula is C30H25F4NO6. The molecule has 2 N–H and O–H groups in total. The van der Waals surface area contributed by atoms with E-state index in [0.29, 0.717) is 16.3 Å². The van der Waals surface area contributed by atoms with Crippen LogP contribution in [0.25, 0.3) is 10.8 Å². The Morgan fingerprint density at radius 2 is 1.59 bits per heavy atom. The lowest BCUT2D eigenvalue weighted by Gasteiger charge is -2.23. The molecule has 4 aromatic carbocycles. The van der Waals surface area contributed by atoms with E-state index < -0.39 is 42.0 Å². The molecule has 0 aromatic heterocycles. The quantitative estimate of drug-likeness (QED) is 0.207. The van der Waals surface area contributed by atoms with Gasteiger partial charge < -0.3 is 24.6 Å². The van der Waals surface area contributed by atoms with Gasteiger partial charge in [-0.3, -0.25) is 4.79 Å². The third-order valence-electron chi connectivity index (χ3n) is 6.09. The molecule has 0 spiro atoms. The number of halogens is 4. The number of carbonyl (C=O) groups excluding carboxylic acids is 1. The molecule has 0 saturated carbocycles. The van der Waals surface area contributed by atoms with Crippen molar-refractivity contribution in [3.63, 3.8) is 0 Å². The molecule has 0 heterocycles. The first-order valence-corrected chi connectivity index (χ1v) is 12.4. The predicted octanol–water partition coefficient (Wildman–Crippen LogP) is 6.24. The lowest BCUT2D eigenvalue weighted by atomic mass is 10.0. The molecule has 0 aliphatic rings. The normalized spacial score (nSPS) is 12.9. The maximum absolute atomic E-state index is 13.9. The summed E-state index contributed by atoms with van der Waals surface area (Å²) in [6.07, 6.45) is -5.75. The summed E-state index contributed by atoms with van der Waals surface area (Å²) in [6.45, 7) is 1.49. The van der Waals surface area contributed by atoms with Crippen LogP contribution in [0.1, 0.15) is 28.4 Å². The number of carbonyl (C=O) groups is 2. The standard InChI is InChI=1S/C30H25F4NO6/c1-18(39-16-19-5-3-2-4-6-19)26(29(37)38)35-28(36)25-13-9-21-15-22(31)10-14-24(21)27(25)40-17-20-7-11-23(12-8-20)41-30(32,33)34/h2-15,18,26H,16-17H2,1H3,(H,35,36)(H,37,38)/t18?,26-/m0/s1. The molecule has 1 unspecified atom stereocenters. The zero-order chi connectivity index (χ0) is 29.6. The molecule has 214 valence electrons. The number of aliphatic carboxylic acids is 1. The number of amides is 1. The summed E-state index contributed by atoms with van der Waals surface area (Å²) in [5, 5.41) is 13.1. The minimum absolute atomic E-state index is 0.0253. The fourth-order valence-electron chi connectivity index (χ4n) is 4.05. The molecule has 0 radical (unpaired) electrons. The molecule has 0 saturated heterocycles. The van der Waals surface area contributed by atoms with Crippen molar-refractivity contribution in [1.29, 1.82) is 0 Å². The Kier molecular flexibility index (Phi) is 9.08. The van der Waals surface area contributed by atoms with Crippen molar-refractivity contribution in [1.82, 2.24) is 5.32 Å². The van der Waals surface area contributed by atoms with Gasteiger partial charge in [0.1, 0.15) is 23.9 Å². The van der Waals surface area contributed by atoms with E-state index >= 15 is 0 Å². The van der Waals surface area contributed by atoms with Crippen molar-refractivity contribution < 1.29 is 46.5 Å². The van der Waals surface area contributed by atoms with Gasteiger partial charge in [0.25, 0.3) is 5.91 Å². The van der Waals surface area contributed by atoms with Crippen LogP contribution in [0.5, 0.6) is 11.5 Å². The van der Waals surface area contributed by atoms with Crippen LogP contribution in [0.15, 0.2) is 84.9 Å². The molecule has 1 amide bonds. The Hall–Kier alpha value is -4.64. The van der Waals surface area contributed by atoms with Gasteiger partial charge >= 0.3 is 12.3 Å². The molecular weight excluding hydrogens is 546 g/mol. The highest BCUT2D eigenvalue weighted by molar-refractivity contribution is 6.05. The molecule has 0 bridgehead atoms. The first kappa shape index (κ1) is 29.3. The van der Waals surface area contributed by atoms with Crippen LogP contribution in [0.2, 0.25) is 0 Å². The molecule has 11 heteroatoms. The Morgan fingerprint density at radius 1 is 0.902 bits per heavy atom. The van der Waals surface area contributed by atoms with Crippen molar-refractivity contribution in [2.24, 2.45) is 0 Å². The molecule has 4 rings (SSSR count). The van der Waals surface area contributed by atoms with E-state index in [9.17, 15) is 32.3 Å². The van der Waals surface area contributed by atoms with Gasteiger partial charge in [0, 0.05) is 5.39 Å². The maximum atomic E-state index is 13.9. The molecule has 2 atom stereocenters. The van der Waals surface area contributed by atoms with Crippen LogP contribution >= 0.6 is 0 Å². The second-order valence-corrected chi connectivity index (χ2v) is 9.08. The van der Waals surface area contributed by atoms with Crippen molar-refractivity contribution >= 4 is 22.6 Å². The monoisotopic (exact) mass is 571 g/mol. The Balaban J connectivity index is 1.55. The highest BCUT2D eigenvalue weighted by Crippen LogP contribution is 2.32. The third-order valence-corrected chi connectivity index (χ3v) is 6.09. The van der Waals surface area contributed by atoms with E-state index in [-0.39, 0.29) is 24.5 Å². The van der Waals surface area contributed by atoms with Crippen molar-refractivity contribution in [3.05, 3.63) is 107 Å². The number of carboxylic acids is 1. The van der Waals surface area contributed by atoms with Gasteiger partial charge in [0.2, 0.25) is 0 Å². The molecule has 0 fully saturated rings. The number of hydrogen-bond donors (Lipinski definition) is 2. The number of rotatable bonds is 11. The van der Waals surface area contributed by atoms with Gasteiger partial charge in [0.15, 0.2) is 6.04 Å². The van der Waals surface area contributed by atoms with Crippen LogP contribution in [0, 0.1) is 5.82 Å². The smallest absolute Gasteiger partial charge is 0.487 e. The van der Waals surface area contributed by atoms with E-state index in [1.807, 2.05) is 30.3 Å². The summed E-state index contributed by atoms with van der Waals surface area (Å²) in [5.41, 5.74) is 1.25. The summed E-state index contributed by atoms with van der Waals surface area (Å²) >= 11 is 0. The minimum Gasteiger partial charge on any atom is -0.487 e. The van der Waals surface area contributed by atoms with Crippen LogP contribution in [-0.2, 0) is 22.7 Å². The van der Waals surface area contributed by atoms with E-state index in [1.165, 1.54) is 49.4 Å². The molecule has 4 aromatic rings. The number of nitrogens with one attached hydrogen (secondary N) is 1. The van der Waals surface area contributed by atoms with Gasteiger partial charge in [-0.15, -0.1) is 13.2 Å². The van der Waals surface area contributed by atoms with Crippen molar-refractivity contribution in [3.8, 4) is 11.5 Å². The predicted molar refractivity (Wildman–Crippen MR) is 141 cm³/mol. The first-order chi connectivity index (χ1) is 19.5. The summed E-state index contributed by atoms with van der Waals surface area (Å²) in [4.78, 5) is 25.4. The van der Waals surface area contributed by atoms with Crippen molar-refractivity contribution in [2.45, 2.75) is 38.6 Å². The molecule has 41 heavy (non-hydrogen) atoms. The van der Waals surface area contributed by atoms with Gasteiger partial charge in [-0.05, 0) is 59.8 Å². The second-order valence-electron chi connectivity index (χ2n) is 9.08. The van der Waals surface area contributed by atoms with E-state index in [4.69, 9.17) is 9.47 Å². The Labute approximate surface area is 232 Å². The largest absolute Gasteiger partial charge is 0.573 e. The molecule has 0 aliphatic heterocycles. The zero-order valence-electron chi connectivity index (χ0n) is 21.7. The van der Waals surface area contributed by atoms with Crippen LogP contribution in [0.3, 0.4) is 0 Å². The summed E-state index contributed by atoms with van der Waals surface area (Å²) in [7, 11) is 0. The lowest BCUT2D eigenvalue weighted by molar-refractivity contribution is -0.274. The van der Waals surface area contributed by atoms with E-state index in [1.54, 1.807) is 0 Å². The van der Waals surface area contributed by atoms with E-state index in [2.05, 4.69) is 10.1 Å². The average molecular weight is 572 g/mol. The average Bonchev–Trinajstić information content (AvgIpc) is 2.93. The fourth-order valence-corrected chi connectivity index (χ4v) is 4.05. The summed E-state index contributed by atoms with van der Waals surface area (Å²) in [6, 6.07) is 19.4. The number of carboxylic acid groups (broad SMARTS) is 1. The molecule has 7 nitrogen and oxygen atoms in total. The Morgan fingerprint density at radius 3 is 2.24 bits per heavy atom. The number of alkyl halides is 3. The SMILES string of the molecule is CC(OCc1ccccc1)[C@H](NC(=O)c1ccc2cc(F)ccc2c1OCc1ccc(OC(F)(F)F)cc1)C(=O)O. The highest BCUT2D eigenvalue weighted by Gasteiger charge is 2.31. The zero-order valence-corrected chi connectivity index (χ0v) is 21.7. The second kappa shape index (κ2) is 12.7. The first-order valence-electron chi connectivity index (χ1n) is 12.4. The number of hydrogen-bond acceptors (Lipinski definition) is 5. The highest BCUT2D eigenvalue weighted by atomic mass is 19.4. The lowest BCUT2D eigenvalue weighted by Crippen LogP contribution is -2.48. The third kappa shape index (κ3) is 7.95. The topological polar surface area (TPSA) is 94.1 Å². The van der Waals surface area contributed by atoms with Gasteiger partial charge in [-0.25, -0.2) is 9.18 Å². The maximum Gasteiger partial charge on any atom is 0.573 e. The van der Waals surface area contributed by atoms with Crippen LogP contribution < -0.4 is 14.8 Å². The molecule has 0 aliphatic carbocycles. The minimum atomic E-state index is -4.84. The van der Waals surface area contributed by atoms with Crippen LogP contribution in [-0.4, -0.2) is 35.5 Å². The van der Waals surface area contributed by atoms with Gasteiger partial charge in [0.05, 0.1) is 18.3 Å².